The molecule has 2 aromatic carbocycles. The monoisotopic (exact) mass is 311 g/mol. The van der Waals surface area contributed by atoms with Gasteiger partial charge in [-0.2, -0.15) is 0 Å². The van der Waals surface area contributed by atoms with Crippen LogP contribution in [0.5, 0.6) is 0 Å². The standard InChI is InChI=1S/C18H18ClN3/c1-18(2,3)12-8-10-13(11-9-12)20-17-16(19)21-14-6-4-5-7-15(14)22-17/h4-11H,1-3H3,(H,20,22). The molecule has 0 amide bonds. The lowest BCUT2D eigenvalue weighted by atomic mass is 9.87. The smallest absolute Gasteiger partial charge is 0.172 e. The number of benzene rings is 2. The van der Waals surface area contributed by atoms with E-state index in [2.05, 4.69) is 48.2 Å². The molecule has 0 radical (unpaired) electrons. The maximum absolute atomic E-state index is 6.22. The number of nitrogens with zero attached hydrogens (tertiary/aromatic N) is 2. The summed E-state index contributed by atoms with van der Waals surface area (Å²) in [6.07, 6.45) is 0. The minimum Gasteiger partial charge on any atom is -0.338 e. The fourth-order valence-electron chi connectivity index (χ4n) is 2.25. The van der Waals surface area contributed by atoms with Gasteiger partial charge in [-0.25, -0.2) is 9.97 Å². The van der Waals surface area contributed by atoms with E-state index < -0.39 is 0 Å². The molecule has 0 bridgehead atoms. The first-order valence-electron chi connectivity index (χ1n) is 7.23. The molecule has 0 aliphatic heterocycles. The van der Waals surface area contributed by atoms with Crippen LogP contribution in [0.25, 0.3) is 11.0 Å². The zero-order valence-corrected chi connectivity index (χ0v) is 13.6. The van der Waals surface area contributed by atoms with Crippen molar-refractivity contribution in [3.05, 3.63) is 59.2 Å². The number of aromatic nitrogens is 2. The predicted octanol–water partition coefficient (Wildman–Crippen LogP) is 5.32. The van der Waals surface area contributed by atoms with Gasteiger partial charge >= 0.3 is 0 Å². The van der Waals surface area contributed by atoms with E-state index in [1.165, 1.54) is 5.56 Å². The van der Waals surface area contributed by atoms with E-state index >= 15 is 0 Å². The van der Waals surface area contributed by atoms with Crippen LogP contribution in [0.4, 0.5) is 11.5 Å². The van der Waals surface area contributed by atoms with Crippen LogP contribution < -0.4 is 5.32 Å². The van der Waals surface area contributed by atoms with Gasteiger partial charge in [-0.15, -0.1) is 0 Å². The minimum absolute atomic E-state index is 0.138. The van der Waals surface area contributed by atoms with Crippen molar-refractivity contribution in [1.82, 2.24) is 9.97 Å². The van der Waals surface area contributed by atoms with Crippen molar-refractivity contribution in [2.45, 2.75) is 26.2 Å². The Morgan fingerprint density at radius 3 is 2.05 bits per heavy atom. The van der Waals surface area contributed by atoms with E-state index in [4.69, 9.17) is 11.6 Å². The molecule has 4 heteroatoms. The molecule has 0 aliphatic rings. The van der Waals surface area contributed by atoms with Crippen LogP contribution in [0, 0.1) is 0 Å². The quantitative estimate of drug-likeness (QED) is 0.695. The number of hydrogen-bond donors (Lipinski definition) is 1. The molecule has 0 saturated carbocycles. The highest BCUT2D eigenvalue weighted by molar-refractivity contribution is 6.32. The highest BCUT2D eigenvalue weighted by atomic mass is 35.5. The summed E-state index contributed by atoms with van der Waals surface area (Å²) in [7, 11) is 0. The molecule has 1 aromatic heterocycles. The summed E-state index contributed by atoms with van der Waals surface area (Å²) < 4.78 is 0. The lowest BCUT2D eigenvalue weighted by molar-refractivity contribution is 0.590. The topological polar surface area (TPSA) is 37.8 Å². The summed E-state index contributed by atoms with van der Waals surface area (Å²) in [6.45, 7) is 6.59. The number of para-hydroxylation sites is 2. The Bertz CT molecular complexity index is 805. The van der Waals surface area contributed by atoms with Gasteiger partial charge in [-0.1, -0.05) is 56.6 Å². The van der Waals surface area contributed by atoms with Crippen LogP contribution in [-0.4, -0.2) is 9.97 Å². The molecule has 3 aromatic rings. The molecule has 0 unspecified atom stereocenters. The third kappa shape index (κ3) is 3.04. The average Bonchev–Trinajstić information content (AvgIpc) is 2.48. The fraction of sp³-hybridized carbons (Fsp3) is 0.222. The van der Waals surface area contributed by atoms with Crippen LogP contribution in [0.2, 0.25) is 5.15 Å². The van der Waals surface area contributed by atoms with E-state index in [1.54, 1.807) is 0 Å². The molecule has 3 nitrogen and oxygen atoms in total. The Hall–Kier alpha value is -2.13. The van der Waals surface area contributed by atoms with Crippen molar-refractivity contribution < 1.29 is 0 Å². The normalized spacial score (nSPS) is 11.6. The molecule has 112 valence electrons. The first kappa shape index (κ1) is 14.8. The number of fused-ring (bicyclic) bond motifs is 1. The van der Waals surface area contributed by atoms with Crippen LogP contribution in [0.15, 0.2) is 48.5 Å². The number of hydrogen-bond acceptors (Lipinski definition) is 3. The zero-order valence-electron chi connectivity index (χ0n) is 12.9. The second-order valence-electron chi connectivity index (χ2n) is 6.30. The fourth-order valence-corrected chi connectivity index (χ4v) is 2.43. The second kappa shape index (κ2) is 5.58. The van der Waals surface area contributed by atoms with E-state index in [0.717, 1.165) is 16.7 Å². The third-order valence-electron chi connectivity index (χ3n) is 3.54. The summed E-state index contributed by atoms with van der Waals surface area (Å²) >= 11 is 6.22. The molecule has 1 heterocycles. The van der Waals surface area contributed by atoms with Crippen molar-refractivity contribution in [1.29, 1.82) is 0 Å². The Kier molecular flexibility index (Phi) is 3.75. The molecule has 0 saturated heterocycles. The Balaban J connectivity index is 1.91. The maximum atomic E-state index is 6.22. The molecular weight excluding hydrogens is 294 g/mol. The third-order valence-corrected chi connectivity index (χ3v) is 3.81. The number of anilines is 2. The summed E-state index contributed by atoms with van der Waals surface area (Å²) in [4.78, 5) is 8.90. The molecule has 0 spiro atoms. The number of rotatable bonds is 2. The maximum Gasteiger partial charge on any atom is 0.172 e. The lowest BCUT2D eigenvalue weighted by Crippen LogP contribution is -2.10. The average molecular weight is 312 g/mol. The molecule has 0 aliphatic carbocycles. The van der Waals surface area contributed by atoms with E-state index in [-0.39, 0.29) is 5.41 Å². The van der Waals surface area contributed by atoms with Crippen molar-refractivity contribution in [2.24, 2.45) is 0 Å². The van der Waals surface area contributed by atoms with Gasteiger partial charge in [0.05, 0.1) is 11.0 Å². The summed E-state index contributed by atoms with van der Waals surface area (Å²) in [6, 6.07) is 16.0. The highest BCUT2D eigenvalue weighted by Crippen LogP contribution is 2.27. The molecular formula is C18H18ClN3. The zero-order chi connectivity index (χ0) is 15.7. The van der Waals surface area contributed by atoms with Gasteiger partial charge in [0, 0.05) is 5.69 Å². The van der Waals surface area contributed by atoms with E-state index in [9.17, 15) is 0 Å². The Morgan fingerprint density at radius 2 is 1.45 bits per heavy atom. The summed E-state index contributed by atoms with van der Waals surface area (Å²) in [5.74, 6) is 0.573. The second-order valence-corrected chi connectivity index (χ2v) is 6.66. The molecule has 1 N–H and O–H groups in total. The largest absolute Gasteiger partial charge is 0.338 e. The van der Waals surface area contributed by atoms with Gasteiger partial charge in [0.2, 0.25) is 0 Å². The van der Waals surface area contributed by atoms with Gasteiger partial charge in [0.15, 0.2) is 11.0 Å². The van der Waals surface area contributed by atoms with Crippen molar-refractivity contribution in [3.8, 4) is 0 Å². The molecule has 0 atom stereocenters. The summed E-state index contributed by atoms with van der Waals surface area (Å²) in [5.41, 5.74) is 3.98. The summed E-state index contributed by atoms with van der Waals surface area (Å²) in [5, 5.41) is 3.61. The number of nitrogens with one attached hydrogen (secondary N) is 1. The number of halogens is 1. The van der Waals surface area contributed by atoms with E-state index in [1.807, 2.05) is 36.4 Å². The van der Waals surface area contributed by atoms with Crippen molar-refractivity contribution in [2.75, 3.05) is 5.32 Å². The van der Waals surface area contributed by atoms with Gasteiger partial charge < -0.3 is 5.32 Å². The van der Waals surface area contributed by atoms with Crippen LogP contribution >= 0.6 is 11.6 Å². The van der Waals surface area contributed by atoms with E-state index in [0.29, 0.717) is 11.0 Å². The minimum atomic E-state index is 0.138. The Morgan fingerprint density at radius 1 is 0.864 bits per heavy atom. The van der Waals surface area contributed by atoms with Gasteiger partial charge in [0.1, 0.15) is 0 Å². The van der Waals surface area contributed by atoms with Crippen molar-refractivity contribution >= 4 is 34.1 Å². The van der Waals surface area contributed by atoms with Crippen LogP contribution in [-0.2, 0) is 5.41 Å². The SMILES string of the molecule is CC(C)(C)c1ccc(Nc2nc3ccccc3nc2Cl)cc1. The van der Waals surface area contributed by atoms with Crippen molar-refractivity contribution in [3.63, 3.8) is 0 Å². The van der Waals surface area contributed by atoms with Gasteiger partial charge in [-0.3, -0.25) is 0 Å². The first-order valence-corrected chi connectivity index (χ1v) is 7.61. The lowest BCUT2D eigenvalue weighted by Gasteiger charge is -2.19. The van der Waals surface area contributed by atoms with Crippen LogP contribution in [0.1, 0.15) is 26.3 Å². The molecule has 22 heavy (non-hydrogen) atoms. The van der Waals surface area contributed by atoms with Gasteiger partial charge in [-0.05, 0) is 35.2 Å². The van der Waals surface area contributed by atoms with Crippen LogP contribution in [0.3, 0.4) is 0 Å². The Labute approximate surface area is 135 Å². The predicted molar refractivity (Wildman–Crippen MR) is 93.0 cm³/mol. The first-order chi connectivity index (χ1) is 10.4. The van der Waals surface area contributed by atoms with Gasteiger partial charge in [0.25, 0.3) is 0 Å². The highest BCUT2D eigenvalue weighted by Gasteiger charge is 2.13. The molecule has 0 fully saturated rings. The molecule has 3 rings (SSSR count).